The molecule has 170 valence electrons. The Hall–Kier alpha value is -2.23. The van der Waals surface area contributed by atoms with E-state index in [0.717, 1.165) is 16.7 Å². The van der Waals surface area contributed by atoms with Crippen molar-refractivity contribution in [1.29, 1.82) is 0 Å². The molecule has 0 unspecified atom stereocenters. The predicted octanol–water partition coefficient (Wildman–Crippen LogP) is 8.60. The zero-order chi connectivity index (χ0) is 22.8. The molecule has 0 aromatic heterocycles. The topological polar surface area (TPSA) is 44.8 Å². The van der Waals surface area contributed by atoms with E-state index in [4.69, 9.17) is 13.6 Å². The molecular formula is C27H33O4P. The van der Waals surface area contributed by atoms with Gasteiger partial charge in [-0.1, -0.05) is 112 Å². The normalized spacial score (nSPS) is 14.6. The van der Waals surface area contributed by atoms with Crippen LogP contribution in [0.2, 0.25) is 0 Å². The molecule has 5 heteroatoms. The lowest BCUT2D eigenvalue weighted by Crippen LogP contribution is -2.12. The smallest absolute Gasteiger partial charge is 0.279 e. The Kier molecular flexibility index (Phi) is 9.25. The fraction of sp³-hybridized carbons (Fsp3) is 0.333. The molecule has 0 saturated carbocycles. The van der Waals surface area contributed by atoms with Crippen molar-refractivity contribution < 1.29 is 18.1 Å². The number of phosphoric ester groups is 1. The second-order valence-corrected chi connectivity index (χ2v) is 9.21. The molecule has 3 atom stereocenters. The second kappa shape index (κ2) is 12.1. The van der Waals surface area contributed by atoms with E-state index in [1.807, 2.05) is 112 Å². The van der Waals surface area contributed by atoms with Crippen LogP contribution in [0.5, 0.6) is 0 Å². The first-order chi connectivity index (χ1) is 15.6. The highest BCUT2D eigenvalue weighted by Gasteiger charge is 2.37. The van der Waals surface area contributed by atoms with Crippen LogP contribution >= 0.6 is 7.82 Å². The lowest BCUT2D eigenvalue weighted by molar-refractivity contribution is 0.0262. The van der Waals surface area contributed by atoms with E-state index in [1.54, 1.807) is 0 Å². The minimum absolute atomic E-state index is 0.399. The molecule has 4 nitrogen and oxygen atoms in total. The molecule has 0 bridgehead atoms. The molecule has 3 rings (SSSR count). The number of hydrogen-bond donors (Lipinski definition) is 0. The van der Waals surface area contributed by atoms with E-state index in [0.29, 0.717) is 19.3 Å². The maximum Gasteiger partial charge on any atom is 0.476 e. The van der Waals surface area contributed by atoms with Crippen molar-refractivity contribution >= 4 is 7.82 Å². The Balaban J connectivity index is 1.92. The summed E-state index contributed by atoms with van der Waals surface area (Å²) in [7, 11) is -3.93. The fourth-order valence-electron chi connectivity index (χ4n) is 3.66. The van der Waals surface area contributed by atoms with E-state index in [1.165, 1.54) is 0 Å². The molecule has 0 aliphatic carbocycles. The SMILES string of the molecule is CC[C@@H](OP(=O)(O[C@H](CC)c1ccccc1)O[C@H](CC)c1ccccc1)c1ccccc1. The first kappa shape index (κ1) is 24.4. The molecular weight excluding hydrogens is 419 g/mol. The van der Waals surface area contributed by atoms with Crippen molar-refractivity contribution in [3.05, 3.63) is 108 Å². The molecule has 3 aromatic carbocycles. The Morgan fingerprint density at radius 1 is 0.531 bits per heavy atom. The van der Waals surface area contributed by atoms with Gasteiger partial charge in [0.15, 0.2) is 0 Å². The molecule has 3 aromatic rings. The summed E-state index contributed by atoms with van der Waals surface area (Å²) in [5.74, 6) is 0. The van der Waals surface area contributed by atoms with Crippen molar-refractivity contribution in [3.63, 3.8) is 0 Å². The van der Waals surface area contributed by atoms with E-state index >= 15 is 0 Å². The van der Waals surface area contributed by atoms with Crippen LogP contribution in [0.1, 0.15) is 75.0 Å². The van der Waals surface area contributed by atoms with Gasteiger partial charge >= 0.3 is 7.82 Å². The van der Waals surface area contributed by atoms with Gasteiger partial charge in [0.25, 0.3) is 0 Å². The maximum absolute atomic E-state index is 14.2. The second-order valence-electron chi connectivity index (χ2n) is 7.69. The van der Waals surface area contributed by atoms with Crippen LogP contribution in [0.15, 0.2) is 91.0 Å². The molecule has 0 fully saturated rings. The lowest BCUT2D eigenvalue weighted by Gasteiger charge is -2.30. The van der Waals surface area contributed by atoms with Gasteiger partial charge in [-0.25, -0.2) is 4.57 Å². The van der Waals surface area contributed by atoms with Crippen molar-refractivity contribution in [2.75, 3.05) is 0 Å². The molecule has 0 saturated heterocycles. The minimum atomic E-state index is -3.93. The van der Waals surface area contributed by atoms with Crippen LogP contribution < -0.4 is 0 Å². The molecule has 0 heterocycles. The largest absolute Gasteiger partial charge is 0.476 e. The van der Waals surface area contributed by atoms with Gasteiger partial charge in [0.05, 0.1) is 18.3 Å². The summed E-state index contributed by atoms with van der Waals surface area (Å²) in [6.45, 7) is 6.01. The lowest BCUT2D eigenvalue weighted by atomic mass is 10.1. The zero-order valence-corrected chi connectivity index (χ0v) is 20.0. The average Bonchev–Trinajstić information content (AvgIpc) is 2.86. The number of phosphoric acid groups is 1. The van der Waals surface area contributed by atoms with Crippen molar-refractivity contribution in [2.24, 2.45) is 0 Å². The quantitative estimate of drug-likeness (QED) is 0.258. The van der Waals surface area contributed by atoms with Gasteiger partial charge in [0, 0.05) is 0 Å². The Morgan fingerprint density at radius 3 is 1.00 bits per heavy atom. The summed E-state index contributed by atoms with van der Waals surface area (Å²) in [4.78, 5) is 0. The average molecular weight is 453 g/mol. The predicted molar refractivity (Wildman–Crippen MR) is 129 cm³/mol. The van der Waals surface area contributed by atoms with Gasteiger partial charge in [-0.05, 0) is 36.0 Å². The van der Waals surface area contributed by atoms with Crippen LogP contribution in [0.25, 0.3) is 0 Å². The highest BCUT2D eigenvalue weighted by atomic mass is 31.2. The summed E-state index contributed by atoms with van der Waals surface area (Å²) in [6, 6.07) is 29.4. The van der Waals surface area contributed by atoms with Crippen molar-refractivity contribution in [3.8, 4) is 0 Å². The minimum Gasteiger partial charge on any atom is -0.279 e. The third-order valence-electron chi connectivity index (χ3n) is 5.40. The summed E-state index contributed by atoms with van der Waals surface area (Å²) in [5.41, 5.74) is 2.84. The summed E-state index contributed by atoms with van der Waals surface area (Å²) < 4.78 is 32.8. The zero-order valence-electron chi connectivity index (χ0n) is 19.1. The first-order valence-electron chi connectivity index (χ1n) is 11.4. The Labute approximate surface area is 192 Å². The van der Waals surface area contributed by atoms with E-state index in [-0.39, 0.29) is 0 Å². The maximum atomic E-state index is 14.2. The first-order valence-corrected chi connectivity index (χ1v) is 12.8. The Morgan fingerprint density at radius 2 is 0.781 bits per heavy atom. The van der Waals surface area contributed by atoms with Crippen LogP contribution in [0, 0.1) is 0 Å². The van der Waals surface area contributed by atoms with Crippen LogP contribution in [0.3, 0.4) is 0 Å². The van der Waals surface area contributed by atoms with Gasteiger partial charge in [-0.3, -0.25) is 13.6 Å². The van der Waals surface area contributed by atoms with Crippen LogP contribution in [-0.2, 0) is 18.1 Å². The van der Waals surface area contributed by atoms with Gasteiger partial charge in [0.1, 0.15) is 0 Å². The molecule has 0 aliphatic rings. The van der Waals surface area contributed by atoms with E-state index < -0.39 is 26.1 Å². The number of hydrogen-bond acceptors (Lipinski definition) is 4. The van der Waals surface area contributed by atoms with Gasteiger partial charge in [-0.15, -0.1) is 0 Å². The summed E-state index contributed by atoms with van der Waals surface area (Å²) >= 11 is 0. The standard InChI is InChI=1S/C27H33O4P/c1-4-25(22-16-10-7-11-17-22)29-32(28,30-26(5-2)23-18-12-8-13-19-23)31-27(6-3)24-20-14-9-15-21-24/h7-21,25-27H,4-6H2,1-3H3/t25-,26-,27-/m1/s1. The van der Waals surface area contributed by atoms with Crippen LogP contribution in [-0.4, -0.2) is 0 Å². The molecule has 0 aliphatic heterocycles. The third-order valence-corrected chi connectivity index (χ3v) is 6.93. The van der Waals surface area contributed by atoms with Crippen molar-refractivity contribution in [2.45, 2.75) is 58.3 Å². The van der Waals surface area contributed by atoms with E-state index in [9.17, 15) is 4.57 Å². The van der Waals surface area contributed by atoms with Gasteiger partial charge < -0.3 is 0 Å². The highest BCUT2D eigenvalue weighted by molar-refractivity contribution is 7.48. The number of benzene rings is 3. The molecule has 0 spiro atoms. The highest BCUT2D eigenvalue weighted by Crippen LogP contribution is 2.60. The van der Waals surface area contributed by atoms with Gasteiger partial charge in [-0.2, -0.15) is 0 Å². The number of rotatable bonds is 12. The molecule has 0 N–H and O–H groups in total. The monoisotopic (exact) mass is 452 g/mol. The van der Waals surface area contributed by atoms with Crippen LogP contribution in [0.4, 0.5) is 0 Å². The molecule has 32 heavy (non-hydrogen) atoms. The molecule has 0 amide bonds. The van der Waals surface area contributed by atoms with Gasteiger partial charge in [0.2, 0.25) is 0 Å². The Bertz CT molecular complexity index is 836. The van der Waals surface area contributed by atoms with E-state index in [2.05, 4.69) is 0 Å². The van der Waals surface area contributed by atoms with Crippen molar-refractivity contribution in [1.82, 2.24) is 0 Å². The third kappa shape index (κ3) is 6.63. The summed E-state index contributed by atoms with van der Waals surface area (Å²) in [5, 5.41) is 0. The molecule has 0 radical (unpaired) electrons. The summed E-state index contributed by atoms with van der Waals surface area (Å²) in [6.07, 6.45) is 0.733. The fourth-order valence-corrected chi connectivity index (χ4v) is 5.55.